The Morgan fingerprint density at radius 3 is 2.83 bits per heavy atom. The van der Waals surface area contributed by atoms with Gasteiger partial charge in [-0.1, -0.05) is 28.9 Å². The lowest BCUT2D eigenvalue weighted by Gasteiger charge is -2.27. The summed E-state index contributed by atoms with van der Waals surface area (Å²) in [6, 6.07) is 7.03. The molecule has 2 rings (SSSR count). The molecule has 0 unspecified atom stereocenters. The molecule has 1 aliphatic rings. The summed E-state index contributed by atoms with van der Waals surface area (Å²) in [5.41, 5.74) is 2.56. The molecule has 0 aromatic heterocycles. The third-order valence-corrected chi connectivity index (χ3v) is 3.74. The Bertz CT molecular complexity index is 393. The van der Waals surface area contributed by atoms with E-state index in [-0.39, 0.29) is 6.61 Å². The van der Waals surface area contributed by atoms with Crippen molar-refractivity contribution in [2.45, 2.75) is 32.4 Å². The number of halogens is 1. The van der Waals surface area contributed by atoms with E-state index in [0.717, 1.165) is 24.1 Å². The Balaban J connectivity index is 2.23. The predicted molar refractivity (Wildman–Crippen MR) is 79.0 cm³/mol. The molecule has 1 saturated carbocycles. The molecule has 1 aromatic rings. The van der Waals surface area contributed by atoms with Gasteiger partial charge in [0.1, 0.15) is 0 Å². The summed E-state index contributed by atoms with van der Waals surface area (Å²) < 4.78 is 1.10. The minimum absolute atomic E-state index is 0.212. The quantitative estimate of drug-likeness (QED) is 0.812. The van der Waals surface area contributed by atoms with Gasteiger partial charge in [0.25, 0.3) is 0 Å². The number of nitrogens with one attached hydrogen (secondary N) is 1. The molecule has 0 atom stereocenters. The smallest absolute Gasteiger partial charge is 0.0606 e. The van der Waals surface area contributed by atoms with E-state index in [0.29, 0.717) is 6.04 Å². The van der Waals surface area contributed by atoms with Gasteiger partial charge in [0.15, 0.2) is 0 Å². The van der Waals surface area contributed by atoms with Gasteiger partial charge in [-0.2, -0.15) is 0 Å². The summed E-state index contributed by atoms with van der Waals surface area (Å²) in [6.07, 6.45) is 2.49. The van der Waals surface area contributed by atoms with E-state index in [9.17, 15) is 5.11 Å². The molecule has 18 heavy (non-hydrogen) atoms. The standard InChI is InChI=1S/C14H21BrN2O/c1-2-16-10-11-3-4-12(15)9-14(11)17(7-8-18)13-5-6-13/h3-4,9,13,16,18H,2,5-8,10H2,1H3. The largest absolute Gasteiger partial charge is 0.395 e. The first-order chi connectivity index (χ1) is 8.76. The summed E-state index contributed by atoms with van der Waals surface area (Å²) in [5.74, 6) is 0. The molecule has 3 nitrogen and oxygen atoms in total. The van der Waals surface area contributed by atoms with Crippen LogP contribution in [-0.4, -0.2) is 30.8 Å². The van der Waals surface area contributed by atoms with Crippen molar-refractivity contribution in [3.63, 3.8) is 0 Å². The minimum Gasteiger partial charge on any atom is -0.395 e. The van der Waals surface area contributed by atoms with Crippen molar-refractivity contribution in [3.8, 4) is 0 Å². The SMILES string of the molecule is CCNCc1ccc(Br)cc1N(CCO)C1CC1. The number of aliphatic hydroxyl groups is 1. The van der Waals surface area contributed by atoms with E-state index >= 15 is 0 Å². The second kappa shape index (κ2) is 6.55. The zero-order valence-electron chi connectivity index (χ0n) is 10.8. The molecule has 100 valence electrons. The summed E-state index contributed by atoms with van der Waals surface area (Å²) in [7, 11) is 0. The second-order valence-electron chi connectivity index (χ2n) is 4.70. The number of benzene rings is 1. The first-order valence-corrected chi connectivity index (χ1v) is 7.42. The molecule has 1 aliphatic carbocycles. The van der Waals surface area contributed by atoms with E-state index in [4.69, 9.17) is 0 Å². The number of hydrogen-bond donors (Lipinski definition) is 2. The van der Waals surface area contributed by atoms with Crippen LogP contribution in [0.25, 0.3) is 0 Å². The average molecular weight is 313 g/mol. The first-order valence-electron chi connectivity index (χ1n) is 6.63. The molecular formula is C14H21BrN2O. The molecule has 0 amide bonds. The van der Waals surface area contributed by atoms with E-state index in [1.165, 1.54) is 24.1 Å². The maximum absolute atomic E-state index is 9.24. The number of nitrogens with zero attached hydrogens (tertiary/aromatic N) is 1. The summed E-state index contributed by atoms with van der Waals surface area (Å²) in [5, 5.41) is 12.6. The molecule has 1 aromatic carbocycles. The van der Waals surface area contributed by atoms with Gasteiger partial charge in [0, 0.05) is 29.3 Å². The number of hydrogen-bond acceptors (Lipinski definition) is 3. The highest BCUT2D eigenvalue weighted by atomic mass is 79.9. The lowest BCUT2D eigenvalue weighted by atomic mass is 10.1. The van der Waals surface area contributed by atoms with Crippen LogP contribution in [0.1, 0.15) is 25.3 Å². The van der Waals surface area contributed by atoms with Gasteiger partial charge in [0.2, 0.25) is 0 Å². The topological polar surface area (TPSA) is 35.5 Å². The Kier molecular flexibility index (Phi) is 5.03. The second-order valence-corrected chi connectivity index (χ2v) is 5.62. The molecule has 0 aliphatic heterocycles. The number of anilines is 1. The Morgan fingerprint density at radius 2 is 2.22 bits per heavy atom. The van der Waals surface area contributed by atoms with Crippen LogP contribution in [0.4, 0.5) is 5.69 Å². The Labute approximate surface area is 117 Å². The van der Waals surface area contributed by atoms with E-state index < -0.39 is 0 Å². The van der Waals surface area contributed by atoms with Crippen molar-refractivity contribution in [2.24, 2.45) is 0 Å². The highest BCUT2D eigenvalue weighted by Crippen LogP contribution is 2.34. The van der Waals surface area contributed by atoms with Crippen LogP contribution in [0.3, 0.4) is 0 Å². The van der Waals surface area contributed by atoms with Gasteiger partial charge >= 0.3 is 0 Å². The van der Waals surface area contributed by atoms with E-state index in [1.54, 1.807) is 0 Å². The first kappa shape index (κ1) is 13.8. The van der Waals surface area contributed by atoms with Crippen LogP contribution >= 0.6 is 15.9 Å². The van der Waals surface area contributed by atoms with Gasteiger partial charge in [-0.3, -0.25) is 0 Å². The lowest BCUT2D eigenvalue weighted by molar-refractivity contribution is 0.301. The Hall–Kier alpha value is -0.580. The number of rotatable bonds is 7. The van der Waals surface area contributed by atoms with Crippen molar-refractivity contribution < 1.29 is 5.11 Å². The lowest BCUT2D eigenvalue weighted by Crippen LogP contribution is -2.30. The third-order valence-electron chi connectivity index (χ3n) is 3.25. The molecule has 2 N–H and O–H groups in total. The average Bonchev–Trinajstić information content (AvgIpc) is 3.19. The molecule has 0 heterocycles. The van der Waals surface area contributed by atoms with Crippen molar-refractivity contribution in [1.29, 1.82) is 0 Å². The summed E-state index contributed by atoms with van der Waals surface area (Å²) >= 11 is 3.54. The van der Waals surface area contributed by atoms with Gasteiger partial charge in [-0.15, -0.1) is 0 Å². The van der Waals surface area contributed by atoms with Crippen molar-refractivity contribution in [1.82, 2.24) is 5.32 Å². The molecule has 1 fully saturated rings. The van der Waals surface area contributed by atoms with Gasteiger partial charge < -0.3 is 15.3 Å². The maximum Gasteiger partial charge on any atom is 0.0606 e. The van der Waals surface area contributed by atoms with Crippen LogP contribution < -0.4 is 10.2 Å². The van der Waals surface area contributed by atoms with E-state index in [1.807, 2.05) is 0 Å². The van der Waals surface area contributed by atoms with Crippen molar-refractivity contribution >= 4 is 21.6 Å². The summed E-state index contributed by atoms with van der Waals surface area (Å²) in [4.78, 5) is 2.34. The van der Waals surface area contributed by atoms with Crippen LogP contribution in [0, 0.1) is 0 Å². The van der Waals surface area contributed by atoms with Gasteiger partial charge in [-0.25, -0.2) is 0 Å². The predicted octanol–water partition coefficient (Wildman–Crippen LogP) is 2.52. The monoisotopic (exact) mass is 312 g/mol. The molecular weight excluding hydrogens is 292 g/mol. The van der Waals surface area contributed by atoms with E-state index in [2.05, 4.69) is 51.3 Å². The zero-order valence-corrected chi connectivity index (χ0v) is 12.4. The molecule has 4 heteroatoms. The fourth-order valence-electron chi connectivity index (χ4n) is 2.21. The third kappa shape index (κ3) is 3.46. The van der Waals surface area contributed by atoms with Crippen LogP contribution in [0.5, 0.6) is 0 Å². The summed E-state index contributed by atoms with van der Waals surface area (Å²) in [6.45, 7) is 4.90. The van der Waals surface area contributed by atoms with Gasteiger partial charge in [0.05, 0.1) is 6.61 Å². The van der Waals surface area contributed by atoms with Crippen LogP contribution in [0.2, 0.25) is 0 Å². The highest BCUT2D eigenvalue weighted by molar-refractivity contribution is 9.10. The fourth-order valence-corrected chi connectivity index (χ4v) is 2.56. The van der Waals surface area contributed by atoms with Gasteiger partial charge in [-0.05, 0) is 37.1 Å². The molecule has 0 saturated heterocycles. The highest BCUT2D eigenvalue weighted by Gasteiger charge is 2.30. The molecule has 0 bridgehead atoms. The van der Waals surface area contributed by atoms with Crippen LogP contribution in [0.15, 0.2) is 22.7 Å². The minimum atomic E-state index is 0.212. The normalized spacial score (nSPS) is 14.8. The Morgan fingerprint density at radius 1 is 1.44 bits per heavy atom. The maximum atomic E-state index is 9.24. The van der Waals surface area contributed by atoms with Crippen LogP contribution in [-0.2, 0) is 6.54 Å². The molecule has 0 spiro atoms. The van der Waals surface area contributed by atoms with Crippen molar-refractivity contribution in [3.05, 3.63) is 28.2 Å². The number of aliphatic hydroxyl groups excluding tert-OH is 1. The van der Waals surface area contributed by atoms with Crippen molar-refractivity contribution in [2.75, 3.05) is 24.6 Å². The fraction of sp³-hybridized carbons (Fsp3) is 0.571. The zero-order chi connectivity index (χ0) is 13.0. The molecule has 0 radical (unpaired) electrons.